The van der Waals surface area contributed by atoms with Gasteiger partial charge < -0.3 is 5.32 Å². The van der Waals surface area contributed by atoms with Crippen molar-refractivity contribution in [3.05, 3.63) is 0 Å². The second-order valence-electron chi connectivity index (χ2n) is 4.40. The molecule has 0 spiro atoms. The molecule has 0 bridgehead atoms. The van der Waals surface area contributed by atoms with Crippen LogP contribution in [-0.4, -0.2) is 48.5 Å². The molecule has 0 aromatic rings. The van der Waals surface area contributed by atoms with Crippen molar-refractivity contribution < 1.29 is 12.6 Å². The van der Waals surface area contributed by atoms with E-state index in [-0.39, 0.29) is 11.3 Å². The van der Waals surface area contributed by atoms with Gasteiger partial charge in [-0.3, -0.25) is 4.21 Å². The smallest absolute Gasteiger partial charge is 0.216 e. The first kappa shape index (κ1) is 12.5. The van der Waals surface area contributed by atoms with Gasteiger partial charge in [-0.25, -0.2) is 13.1 Å². The van der Waals surface area contributed by atoms with E-state index in [9.17, 15) is 12.6 Å². The molecule has 7 heteroatoms. The zero-order chi connectivity index (χ0) is 11.6. The maximum atomic E-state index is 12.0. The minimum absolute atomic E-state index is 0.0108. The molecule has 94 valence electrons. The van der Waals surface area contributed by atoms with Crippen molar-refractivity contribution in [2.24, 2.45) is 0 Å². The third-order valence-electron chi connectivity index (χ3n) is 3.17. The van der Waals surface area contributed by atoms with E-state index in [1.165, 1.54) is 0 Å². The van der Waals surface area contributed by atoms with Gasteiger partial charge in [0.1, 0.15) is 0 Å². The Morgan fingerprint density at radius 1 is 1.19 bits per heavy atom. The van der Waals surface area contributed by atoms with E-state index in [0.29, 0.717) is 37.3 Å². The fraction of sp³-hybridized carbons (Fsp3) is 1.00. The molecule has 0 amide bonds. The monoisotopic (exact) mass is 266 g/mol. The molecule has 0 aromatic heterocycles. The third-order valence-corrected chi connectivity index (χ3v) is 6.50. The van der Waals surface area contributed by atoms with E-state index in [1.807, 2.05) is 0 Å². The molecule has 2 heterocycles. The average molecular weight is 266 g/mol. The standard InChI is InChI=1S/C9H18N2O3S2/c12-15-5-2-8(3-6-15)11-16(13,14)9-1-4-10-7-9/h8-11H,1-7H2. The highest BCUT2D eigenvalue weighted by Crippen LogP contribution is 2.14. The maximum Gasteiger partial charge on any atom is 0.216 e. The molecule has 0 radical (unpaired) electrons. The molecular weight excluding hydrogens is 248 g/mol. The highest BCUT2D eigenvalue weighted by atomic mass is 32.2. The molecule has 2 saturated heterocycles. The fourth-order valence-electron chi connectivity index (χ4n) is 2.13. The van der Waals surface area contributed by atoms with Crippen molar-refractivity contribution in [2.45, 2.75) is 30.6 Å². The molecule has 0 aliphatic carbocycles. The lowest BCUT2D eigenvalue weighted by Crippen LogP contribution is -2.44. The quantitative estimate of drug-likeness (QED) is 0.700. The van der Waals surface area contributed by atoms with Crippen LogP contribution in [0.4, 0.5) is 0 Å². The average Bonchev–Trinajstić information content (AvgIpc) is 2.75. The van der Waals surface area contributed by atoms with Gasteiger partial charge in [0.05, 0.1) is 5.25 Å². The van der Waals surface area contributed by atoms with Crippen molar-refractivity contribution in [3.8, 4) is 0 Å². The Morgan fingerprint density at radius 2 is 1.88 bits per heavy atom. The molecule has 2 aliphatic heterocycles. The lowest BCUT2D eigenvalue weighted by Gasteiger charge is -2.24. The van der Waals surface area contributed by atoms with Gasteiger partial charge >= 0.3 is 0 Å². The van der Waals surface area contributed by atoms with Crippen molar-refractivity contribution in [1.82, 2.24) is 10.0 Å². The fourth-order valence-corrected chi connectivity index (χ4v) is 5.09. The molecule has 0 saturated carbocycles. The van der Waals surface area contributed by atoms with Crippen LogP contribution in [0.1, 0.15) is 19.3 Å². The molecule has 1 unspecified atom stereocenters. The number of nitrogens with one attached hydrogen (secondary N) is 2. The molecule has 2 fully saturated rings. The molecular formula is C9H18N2O3S2. The molecule has 2 N–H and O–H groups in total. The molecule has 16 heavy (non-hydrogen) atoms. The summed E-state index contributed by atoms with van der Waals surface area (Å²) in [5.41, 5.74) is 0. The van der Waals surface area contributed by atoms with Gasteiger partial charge in [-0.2, -0.15) is 0 Å². The minimum Gasteiger partial charge on any atom is -0.315 e. The van der Waals surface area contributed by atoms with Gasteiger partial charge in [0.2, 0.25) is 10.0 Å². The Bertz CT molecular complexity index is 353. The van der Waals surface area contributed by atoms with E-state index >= 15 is 0 Å². The Morgan fingerprint density at radius 3 is 2.44 bits per heavy atom. The summed E-state index contributed by atoms with van der Waals surface area (Å²) in [5, 5.41) is 2.76. The Balaban J connectivity index is 1.90. The van der Waals surface area contributed by atoms with Gasteiger partial charge in [-0.15, -0.1) is 0 Å². The third kappa shape index (κ3) is 3.03. The lowest BCUT2D eigenvalue weighted by atomic mass is 10.2. The number of hydrogen-bond donors (Lipinski definition) is 2. The lowest BCUT2D eigenvalue weighted by molar-refractivity contribution is 0.514. The summed E-state index contributed by atoms with van der Waals surface area (Å²) in [6.45, 7) is 1.33. The highest BCUT2D eigenvalue weighted by Gasteiger charge is 2.31. The summed E-state index contributed by atoms with van der Waals surface area (Å²) in [5.74, 6) is 1.24. The van der Waals surface area contributed by atoms with Crippen molar-refractivity contribution >= 4 is 20.8 Å². The first-order valence-corrected chi connectivity index (χ1v) is 8.68. The Kier molecular flexibility index (Phi) is 3.99. The van der Waals surface area contributed by atoms with Gasteiger partial charge in [-0.1, -0.05) is 0 Å². The van der Waals surface area contributed by atoms with Gasteiger partial charge in [0.25, 0.3) is 0 Å². The van der Waals surface area contributed by atoms with Crippen LogP contribution in [0.2, 0.25) is 0 Å². The first-order chi connectivity index (χ1) is 7.58. The normalized spacial score (nSPS) is 36.4. The van der Waals surface area contributed by atoms with Gasteiger partial charge in [0, 0.05) is 34.9 Å². The summed E-state index contributed by atoms with van der Waals surface area (Å²) in [7, 11) is -3.93. The molecule has 5 nitrogen and oxygen atoms in total. The van der Waals surface area contributed by atoms with Crippen LogP contribution in [0.3, 0.4) is 0 Å². The van der Waals surface area contributed by atoms with Gasteiger partial charge in [-0.05, 0) is 25.8 Å². The zero-order valence-electron chi connectivity index (χ0n) is 9.15. The summed E-state index contributed by atoms with van der Waals surface area (Å²) in [4.78, 5) is 0. The zero-order valence-corrected chi connectivity index (χ0v) is 10.8. The van der Waals surface area contributed by atoms with E-state index < -0.39 is 20.8 Å². The van der Waals surface area contributed by atoms with Crippen LogP contribution >= 0.6 is 0 Å². The predicted octanol–water partition coefficient (Wildman–Crippen LogP) is -0.821. The van der Waals surface area contributed by atoms with Crippen LogP contribution in [-0.2, 0) is 20.8 Å². The Labute approximate surface area is 98.9 Å². The maximum absolute atomic E-state index is 12.0. The number of sulfonamides is 1. The second kappa shape index (κ2) is 5.12. The first-order valence-electron chi connectivity index (χ1n) is 5.65. The van der Waals surface area contributed by atoms with Crippen molar-refractivity contribution in [2.75, 3.05) is 24.6 Å². The van der Waals surface area contributed by atoms with E-state index in [1.54, 1.807) is 0 Å². The highest BCUT2D eigenvalue weighted by molar-refractivity contribution is 7.90. The van der Waals surface area contributed by atoms with E-state index in [4.69, 9.17) is 0 Å². The largest absolute Gasteiger partial charge is 0.315 e. The summed E-state index contributed by atoms with van der Waals surface area (Å²) in [6.07, 6.45) is 2.09. The van der Waals surface area contributed by atoms with Crippen LogP contribution in [0, 0.1) is 0 Å². The van der Waals surface area contributed by atoms with E-state index in [2.05, 4.69) is 10.0 Å². The molecule has 2 rings (SSSR count). The van der Waals surface area contributed by atoms with Crippen molar-refractivity contribution in [1.29, 1.82) is 0 Å². The minimum atomic E-state index is -3.19. The van der Waals surface area contributed by atoms with Crippen LogP contribution in [0.5, 0.6) is 0 Å². The molecule has 0 aromatic carbocycles. The number of hydrogen-bond acceptors (Lipinski definition) is 4. The molecule has 1 atom stereocenters. The Hall–Kier alpha value is 0.0200. The topological polar surface area (TPSA) is 75.3 Å². The summed E-state index contributed by atoms with van der Waals surface area (Å²) >= 11 is 0. The second-order valence-corrected chi connectivity index (χ2v) is 8.09. The predicted molar refractivity (Wildman–Crippen MR) is 64.2 cm³/mol. The number of rotatable bonds is 3. The molecule has 2 aliphatic rings. The van der Waals surface area contributed by atoms with E-state index in [0.717, 1.165) is 6.54 Å². The van der Waals surface area contributed by atoms with Crippen molar-refractivity contribution in [3.63, 3.8) is 0 Å². The summed E-state index contributed by atoms with van der Waals surface area (Å²) in [6, 6.07) is -0.0108. The van der Waals surface area contributed by atoms with Crippen LogP contribution < -0.4 is 10.0 Å². The SMILES string of the molecule is O=S1CCC(NS(=O)(=O)C2CCNC2)CC1. The van der Waals surface area contributed by atoms with Crippen LogP contribution in [0.15, 0.2) is 0 Å². The van der Waals surface area contributed by atoms with Crippen LogP contribution in [0.25, 0.3) is 0 Å². The summed E-state index contributed by atoms with van der Waals surface area (Å²) < 4.78 is 37.8. The van der Waals surface area contributed by atoms with Gasteiger partial charge in [0.15, 0.2) is 0 Å².